The number of carbonyl (C=O) groups is 1. The Labute approximate surface area is 108 Å². The van der Waals surface area contributed by atoms with Crippen LogP contribution in [0.25, 0.3) is 0 Å². The van der Waals surface area contributed by atoms with Crippen LogP contribution in [-0.2, 0) is 0 Å². The molecule has 0 heterocycles. The van der Waals surface area contributed by atoms with Gasteiger partial charge in [-0.1, -0.05) is 17.7 Å². The lowest BCUT2D eigenvalue weighted by Crippen LogP contribution is -2.32. The maximum absolute atomic E-state index is 12.2. The molecular weight excluding hydrogens is 226 g/mol. The van der Waals surface area contributed by atoms with E-state index < -0.39 is 0 Å². The maximum Gasteiger partial charge on any atom is 0.251 e. The van der Waals surface area contributed by atoms with Crippen LogP contribution in [0.3, 0.4) is 0 Å². The van der Waals surface area contributed by atoms with Gasteiger partial charge in [-0.3, -0.25) is 4.79 Å². The molecule has 1 aromatic carbocycles. The second kappa shape index (κ2) is 4.73. The highest BCUT2D eigenvalue weighted by atomic mass is 16.3. The standard InChI is InChI=1S/C15H21NO2/c1-10-6-11(2)13(12(3)7-10)14(18)16-8-15(9-17)4-5-15/h6-7,17H,4-5,8-9H2,1-3H3,(H,16,18). The normalized spacial score (nSPS) is 16.4. The minimum Gasteiger partial charge on any atom is -0.396 e. The van der Waals surface area contributed by atoms with E-state index in [0.717, 1.165) is 29.5 Å². The van der Waals surface area contributed by atoms with Gasteiger partial charge in [-0.2, -0.15) is 0 Å². The smallest absolute Gasteiger partial charge is 0.251 e. The molecule has 0 saturated heterocycles. The van der Waals surface area contributed by atoms with Crippen molar-refractivity contribution in [2.24, 2.45) is 5.41 Å². The van der Waals surface area contributed by atoms with Crippen LogP contribution < -0.4 is 5.32 Å². The van der Waals surface area contributed by atoms with Crippen LogP contribution in [0, 0.1) is 26.2 Å². The van der Waals surface area contributed by atoms with Crippen molar-refractivity contribution in [3.63, 3.8) is 0 Å². The van der Waals surface area contributed by atoms with E-state index in [1.807, 2.05) is 32.9 Å². The molecule has 0 unspecified atom stereocenters. The largest absolute Gasteiger partial charge is 0.396 e. The molecular formula is C15H21NO2. The lowest BCUT2D eigenvalue weighted by atomic mass is 9.99. The quantitative estimate of drug-likeness (QED) is 0.856. The third-order valence-corrected chi connectivity index (χ3v) is 3.82. The van der Waals surface area contributed by atoms with Crippen LogP contribution >= 0.6 is 0 Å². The number of rotatable bonds is 4. The maximum atomic E-state index is 12.2. The number of benzene rings is 1. The predicted molar refractivity (Wildman–Crippen MR) is 71.7 cm³/mol. The highest BCUT2D eigenvalue weighted by molar-refractivity contribution is 5.97. The fraction of sp³-hybridized carbons (Fsp3) is 0.533. The van der Waals surface area contributed by atoms with Crippen LogP contribution in [-0.4, -0.2) is 24.2 Å². The van der Waals surface area contributed by atoms with Crippen molar-refractivity contribution in [3.05, 3.63) is 34.4 Å². The Balaban J connectivity index is 2.09. The first-order valence-electron chi connectivity index (χ1n) is 6.44. The average Bonchev–Trinajstić information content (AvgIpc) is 3.05. The highest BCUT2D eigenvalue weighted by Gasteiger charge is 2.42. The van der Waals surface area contributed by atoms with Crippen LogP contribution in [0.15, 0.2) is 12.1 Å². The molecule has 0 aliphatic heterocycles. The number of nitrogens with one attached hydrogen (secondary N) is 1. The van der Waals surface area contributed by atoms with Crippen molar-refractivity contribution in [3.8, 4) is 0 Å². The van der Waals surface area contributed by atoms with E-state index >= 15 is 0 Å². The Hall–Kier alpha value is -1.35. The molecule has 0 radical (unpaired) electrons. The third-order valence-electron chi connectivity index (χ3n) is 3.82. The average molecular weight is 247 g/mol. The molecule has 0 bridgehead atoms. The molecule has 2 rings (SSSR count). The molecule has 1 aliphatic rings. The third kappa shape index (κ3) is 2.56. The summed E-state index contributed by atoms with van der Waals surface area (Å²) in [5.74, 6) is -0.0234. The summed E-state index contributed by atoms with van der Waals surface area (Å²) in [5, 5.41) is 12.2. The summed E-state index contributed by atoms with van der Waals surface area (Å²) in [6.07, 6.45) is 2.02. The van der Waals surface area contributed by atoms with Gasteiger partial charge in [0.15, 0.2) is 0 Å². The van der Waals surface area contributed by atoms with Crippen LogP contribution in [0.5, 0.6) is 0 Å². The molecule has 1 saturated carbocycles. The molecule has 1 fully saturated rings. The Kier molecular flexibility index (Phi) is 3.44. The zero-order chi connectivity index (χ0) is 13.3. The summed E-state index contributed by atoms with van der Waals surface area (Å²) in [4.78, 5) is 12.2. The zero-order valence-corrected chi connectivity index (χ0v) is 11.3. The SMILES string of the molecule is Cc1cc(C)c(C(=O)NCC2(CO)CC2)c(C)c1. The van der Waals surface area contributed by atoms with Crippen molar-refractivity contribution < 1.29 is 9.90 Å². The monoisotopic (exact) mass is 247 g/mol. The molecule has 1 aromatic rings. The van der Waals surface area contributed by atoms with Crippen molar-refractivity contribution >= 4 is 5.91 Å². The van der Waals surface area contributed by atoms with Gasteiger partial charge in [0, 0.05) is 17.5 Å². The molecule has 1 aliphatic carbocycles. The van der Waals surface area contributed by atoms with Gasteiger partial charge in [0.2, 0.25) is 0 Å². The van der Waals surface area contributed by atoms with Crippen LogP contribution in [0.1, 0.15) is 39.9 Å². The van der Waals surface area contributed by atoms with E-state index in [1.54, 1.807) is 0 Å². The number of hydrogen-bond acceptors (Lipinski definition) is 2. The first kappa shape index (κ1) is 13.1. The number of carbonyl (C=O) groups excluding carboxylic acids is 1. The van der Waals surface area contributed by atoms with Crippen molar-refractivity contribution in [2.45, 2.75) is 33.6 Å². The Morgan fingerprint density at radius 2 is 1.83 bits per heavy atom. The summed E-state index contributed by atoms with van der Waals surface area (Å²) in [7, 11) is 0. The molecule has 3 nitrogen and oxygen atoms in total. The number of aryl methyl sites for hydroxylation is 3. The highest BCUT2D eigenvalue weighted by Crippen LogP contribution is 2.44. The van der Waals surface area contributed by atoms with Gasteiger partial charge >= 0.3 is 0 Å². The summed E-state index contributed by atoms with van der Waals surface area (Å²) < 4.78 is 0. The summed E-state index contributed by atoms with van der Waals surface area (Å²) in [5.41, 5.74) is 3.94. The first-order valence-corrected chi connectivity index (χ1v) is 6.44. The van der Waals surface area contributed by atoms with E-state index in [0.29, 0.717) is 6.54 Å². The molecule has 18 heavy (non-hydrogen) atoms. The van der Waals surface area contributed by atoms with E-state index in [4.69, 9.17) is 0 Å². The second-order valence-electron chi connectivity index (χ2n) is 5.61. The van der Waals surface area contributed by atoms with Crippen molar-refractivity contribution in [1.29, 1.82) is 0 Å². The van der Waals surface area contributed by atoms with Gasteiger partial charge in [-0.15, -0.1) is 0 Å². The Bertz CT molecular complexity index is 452. The zero-order valence-electron chi connectivity index (χ0n) is 11.3. The van der Waals surface area contributed by atoms with E-state index in [9.17, 15) is 9.90 Å². The fourth-order valence-electron chi connectivity index (χ4n) is 2.46. The topological polar surface area (TPSA) is 49.3 Å². The minimum atomic E-state index is -0.0395. The molecule has 0 spiro atoms. The van der Waals surface area contributed by atoms with Gasteiger partial charge in [-0.05, 0) is 44.7 Å². The molecule has 2 N–H and O–H groups in total. The summed E-state index contributed by atoms with van der Waals surface area (Å²) in [6.45, 7) is 6.71. The van der Waals surface area contributed by atoms with Gasteiger partial charge in [0.05, 0.1) is 6.61 Å². The van der Waals surface area contributed by atoms with Crippen molar-refractivity contribution in [2.75, 3.05) is 13.2 Å². The van der Waals surface area contributed by atoms with Gasteiger partial charge in [0.25, 0.3) is 5.91 Å². The number of aliphatic hydroxyl groups is 1. The number of amides is 1. The molecule has 98 valence electrons. The predicted octanol–water partition coefficient (Wildman–Crippen LogP) is 2.11. The van der Waals surface area contributed by atoms with Gasteiger partial charge < -0.3 is 10.4 Å². The molecule has 0 aromatic heterocycles. The minimum absolute atomic E-state index is 0.0234. The summed E-state index contributed by atoms with van der Waals surface area (Å²) >= 11 is 0. The molecule has 3 heteroatoms. The van der Waals surface area contributed by atoms with Crippen molar-refractivity contribution in [1.82, 2.24) is 5.32 Å². The fourth-order valence-corrected chi connectivity index (χ4v) is 2.46. The molecule has 0 atom stereocenters. The van der Waals surface area contributed by atoms with E-state index in [-0.39, 0.29) is 17.9 Å². The lowest BCUT2D eigenvalue weighted by Gasteiger charge is -2.15. The van der Waals surface area contributed by atoms with E-state index in [2.05, 4.69) is 5.32 Å². The second-order valence-corrected chi connectivity index (χ2v) is 5.61. The van der Waals surface area contributed by atoms with Crippen LogP contribution in [0.4, 0.5) is 0 Å². The number of aliphatic hydroxyl groups excluding tert-OH is 1. The molecule has 1 amide bonds. The Morgan fingerprint density at radius 1 is 1.28 bits per heavy atom. The Morgan fingerprint density at radius 3 is 2.28 bits per heavy atom. The first-order chi connectivity index (χ1) is 8.47. The lowest BCUT2D eigenvalue weighted by molar-refractivity contribution is 0.0934. The summed E-state index contributed by atoms with van der Waals surface area (Å²) in [6, 6.07) is 4.06. The number of hydrogen-bond donors (Lipinski definition) is 2. The van der Waals surface area contributed by atoms with Gasteiger partial charge in [0.1, 0.15) is 0 Å². The van der Waals surface area contributed by atoms with Crippen LogP contribution in [0.2, 0.25) is 0 Å². The van der Waals surface area contributed by atoms with Gasteiger partial charge in [-0.25, -0.2) is 0 Å². The van der Waals surface area contributed by atoms with E-state index in [1.165, 1.54) is 5.56 Å².